The molecule has 0 atom stereocenters. The molecule has 8 nitrogen and oxygen atoms in total. The summed E-state index contributed by atoms with van der Waals surface area (Å²) >= 11 is 0. The largest absolute Gasteiger partial charge is 0.378 e. The van der Waals surface area contributed by atoms with E-state index >= 15 is 0 Å². The van der Waals surface area contributed by atoms with Crippen molar-refractivity contribution in [1.82, 2.24) is 20.0 Å². The third kappa shape index (κ3) is 5.12. The quantitative estimate of drug-likeness (QED) is 0.835. The van der Waals surface area contributed by atoms with E-state index in [1.165, 1.54) is 0 Å². The Hall–Kier alpha value is -2.22. The maximum atomic E-state index is 12.3. The highest BCUT2D eigenvalue weighted by molar-refractivity contribution is 5.84. The number of morpholine rings is 1. The molecule has 2 aliphatic heterocycles. The number of anilines is 1. The Kier molecular flexibility index (Phi) is 6.16. The summed E-state index contributed by atoms with van der Waals surface area (Å²) in [7, 11) is 0. The summed E-state index contributed by atoms with van der Waals surface area (Å²) in [6.07, 6.45) is 3.97. The normalized spacial score (nSPS) is 18.9. The number of amides is 2. The van der Waals surface area contributed by atoms with Crippen LogP contribution in [-0.4, -0.2) is 77.2 Å². The summed E-state index contributed by atoms with van der Waals surface area (Å²) in [6, 6.07) is 4.04. The molecular formula is C17H25N5O3. The second-order valence-corrected chi connectivity index (χ2v) is 6.40. The van der Waals surface area contributed by atoms with Gasteiger partial charge in [0.05, 0.1) is 13.2 Å². The second-order valence-electron chi connectivity index (χ2n) is 6.40. The summed E-state index contributed by atoms with van der Waals surface area (Å²) in [5.74, 6) is 0.888. The Balaban J connectivity index is 1.37. The van der Waals surface area contributed by atoms with Crippen LogP contribution < -0.4 is 5.32 Å². The molecule has 0 bridgehead atoms. The van der Waals surface area contributed by atoms with Crippen LogP contribution in [0.3, 0.4) is 0 Å². The van der Waals surface area contributed by atoms with Crippen LogP contribution >= 0.6 is 0 Å². The molecule has 0 aromatic carbocycles. The van der Waals surface area contributed by atoms with E-state index < -0.39 is 0 Å². The van der Waals surface area contributed by atoms with Crippen LogP contribution in [-0.2, 0) is 14.3 Å². The van der Waals surface area contributed by atoms with Crippen molar-refractivity contribution in [3.63, 3.8) is 0 Å². The molecule has 2 amide bonds. The van der Waals surface area contributed by atoms with Crippen molar-refractivity contribution in [3.05, 3.63) is 18.3 Å². The van der Waals surface area contributed by atoms with Crippen LogP contribution in [0.5, 0.6) is 0 Å². The highest BCUT2D eigenvalue weighted by Gasteiger charge is 2.24. The monoisotopic (exact) mass is 347 g/mol. The lowest BCUT2D eigenvalue weighted by Crippen LogP contribution is -2.43. The lowest BCUT2D eigenvalue weighted by atomic mass is 10.0. The van der Waals surface area contributed by atoms with E-state index in [1.54, 1.807) is 11.1 Å². The fourth-order valence-electron chi connectivity index (χ4n) is 3.20. The molecule has 0 aliphatic carbocycles. The molecule has 2 aliphatic rings. The van der Waals surface area contributed by atoms with Gasteiger partial charge in [0.1, 0.15) is 5.82 Å². The molecule has 136 valence electrons. The molecule has 0 radical (unpaired) electrons. The van der Waals surface area contributed by atoms with Crippen molar-refractivity contribution in [3.8, 4) is 0 Å². The molecular weight excluding hydrogens is 322 g/mol. The molecule has 0 saturated carbocycles. The van der Waals surface area contributed by atoms with Gasteiger partial charge in [0.25, 0.3) is 0 Å². The summed E-state index contributed by atoms with van der Waals surface area (Å²) in [5.41, 5.74) is 0. The molecule has 1 N–H and O–H groups in total. The molecule has 25 heavy (non-hydrogen) atoms. The van der Waals surface area contributed by atoms with Gasteiger partial charge in [-0.1, -0.05) is 0 Å². The van der Waals surface area contributed by atoms with E-state index in [4.69, 9.17) is 4.74 Å². The Labute approximate surface area is 147 Å². The minimum Gasteiger partial charge on any atom is -0.378 e. The van der Waals surface area contributed by atoms with Crippen molar-refractivity contribution in [2.45, 2.75) is 31.7 Å². The Morgan fingerprint density at radius 3 is 2.32 bits per heavy atom. The lowest BCUT2D eigenvalue weighted by molar-refractivity contribution is -0.139. The van der Waals surface area contributed by atoms with Gasteiger partial charge < -0.3 is 19.9 Å². The maximum absolute atomic E-state index is 12.3. The van der Waals surface area contributed by atoms with E-state index in [-0.39, 0.29) is 18.2 Å². The van der Waals surface area contributed by atoms with E-state index in [0.29, 0.717) is 51.9 Å². The number of carbonyl (C=O) groups is 2. The molecule has 1 aromatic rings. The van der Waals surface area contributed by atoms with Gasteiger partial charge >= 0.3 is 0 Å². The second kappa shape index (κ2) is 8.75. The number of piperidine rings is 1. The minimum absolute atomic E-state index is 0.0517. The summed E-state index contributed by atoms with van der Waals surface area (Å²) < 4.78 is 5.24. The first-order valence-electron chi connectivity index (χ1n) is 8.90. The number of rotatable bonds is 5. The molecule has 3 heterocycles. The summed E-state index contributed by atoms with van der Waals surface area (Å²) in [4.78, 5) is 28.1. The van der Waals surface area contributed by atoms with Gasteiger partial charge in [-0.05, 0) is 25.0 Å². The van der Waals surface area contributed by atoms with Crippen molar-refractivity contribution in [2.24, 2.45) is 0 Å². The first kappa shape index (κ1) is 17.6. The minimum atomic E-state index is 0.0517. The maximum Gasteiger partial charge on any atom is 0.223 e. The number of hydrogen-bond acceptors (Lipinski definition) is 6. The van der Waals surface area contributed by atoms with E-state index in [0.717, 1.165) is 18.7 Å². The van der Waals surface area contributed by atoms with Crippen molar-refractivity contribution in [1.29, 1.82) is 0 Å². The number of ether oxygens (including phenoxy) is 1. The predicted molar refractivity (Wildman–Crippen MR) is 91.9 cm³/mol. The Morgan fingerprint density at radius 2 is 1.72 bits per heavy atom. The van der Waals surface area contributed by atoms with Crippen molar-refractivity contribution < 1.29 is 14.3 Å². The molecule has 1 aromatic heterocycles. The lowest BCUT2D eigenvalue weighted by Gasteiger charge is -2.33. The Bertz CT molecular complexity index is 569. The first-order chi connectivity index (χ1) is 12.2. The number of aromatic nitrogens is 2. The van der Waals surface area contributed by atoms with Gasteiger partial charge in [-0.3, -0.25) is 9.59 Å². The van der Waals surface area contributed by atoms with Gasteiger partial charge in [0.2, 0.25) is 11.8 Å². The fourth-order valence-corrected chi connectivity index (χ4v) is 3.20. The standard InChI is InChI=1S/C17H25N5O3/c23-16(3-4-17(24)22-10-12-25-13-11-22)21-8-5-14(6-9-21)19-15-2-1-7-18-20-15/h1-2,7,14H,3-6,8-13H2,(H,19,20). The predicted octanol–water partition coefficient (Wildman–Crippen LogP) is 0.519. The van der Waals surface area contributed by atoms with E-state index in [1.807, 2.05) is 17.0 Å². The van der Waals surface area contributed by atoms with Crippen LogP contribution in [0.4, 0.5) is 5.82 Å². The topological polar surface area (TPSA) is 87.7 Å². The van der Waals surface area contributed by atoms with Gasteiger partial charge in [0, 0.05) is 51.3 Å². The average Bonchev–Trinajstić information content (AvgIpc) is 2.68. The number of carbonyl (C=O) groups excluding carboxylic acids is 2. The SMILES string of the molecule is O=C(CCC(=O)N1CCC(Nc2cccnn2)CC1)N1CCOCC1. The highest BCUT2D eigenvalue weighted by Crippen LogP contribution is 2.16. The van der Waals surface area contributed by atoms with Gasteiger partial charge in [-0.15, -0.1) is 5.10 Å². The highest BCUT2D eigenvalue weighted by atomic mass is 16.5. The first-order valence-corrected chi connectivity index (χ1v) is 8.90. The van der Waals surface area contributed by atoms with Gasteiger partial charge in [-0.2, -0.15) is 5.10 Å². The zero-order chi connectivity index (χ0) is 17.5. The molecule has 2 saturated heterocycles. The smallest absolute Gasteiger partial charge is 0.223 e. The van der Waals surface area contributed by atoms with Gasteiger partial charge in [0.15, 0.2) is 0 Å². The van der Waals surface area contributed by atoms with E-state index in [2.05, 4.69) is 15.5 Å². The number of nitrogens with zero attached hydrogens (tertiary/aromatic N) is 4. The number of nitrogens with one attached hydrogen (secondary N) is 1. The van der Waals surface area contributed by atoms with Crippen LogP contribution in [0.1, 0.15) is 25.7 Å². The van der Waals surface area contributed by atoms with Crippen LogP contribution in [0.25, 0.3) is 0 Å². The van der Waals surface area contributed by atoms with E-state index in [9.17, 15) is 9.59 Å². The summed E-state index contributed by atoms with van der Waals surface area (Å²) in [6.45, 7) is 3.86. The molecule has 0 spiro atoms. The summed E-state index contributed by atoms with van der Waals surface area (Å²) in [5, 5.41) is 11.2. The third-order valence-corrected chi connectivity index (χ3v) is 4.69. The molecule has 2 fully saturated rings. The molecule has 8 heteroatoms. The number of hydrogen-bond donors (Lipinski definition) is 1. The van der Waals surface area contributed by atoms with Crippen LogP contribution in [0.2, 0.25) is 0 Å². The zero-order valence-corrected chi connectivity index (χ0v) is 14.4. The fraction of sp³-hybridized carbons (Fsp3) is 0.647. The Morgan fingerprint density at radius 1 is 1.08 bits per heavy atom. The third-order valence-electron chi connectivity index (χ3n) is 4.69. The van der Waals surface area contributed by atoms with Crippen molar-refractivity contribution >= 4 is 17.6 Å². The van der Waals surface area contributed by atoms with Gasteiger partial charge in [-0.25, -0.2) is 0 Å². The zero-order valence-electron chi connectivity index (χ0n) is 14.4. The van der Waals surface area contributed by atoms with Crippen LogP contribution in [0.15, 0.2) is 18.3 Å². The molecule has 0 unspecified atom stereocenters. The van der Waals surface area contributed by atoms with Crippen LogP contribution in [0, 0.1) is 0 Å². The average molecular weight is 347 g/mol. The number of likely N-dealkylation sites (tertiary alicyclic amines) is 1. The molecule has 3 rings (SSSR count). The van der Waals surface area contributed by atoms with Crippen molar-refractivity contribution in [2.75, 3.05) is 44.7 Å².